The van der Waals surface area contributed by atoms with Gasteiger partial charge in [0, 0.05) is 6.04 Å². The molecule has 3 heterocycles. The molecule has 1 spiro atoms. The van der Waals surface area contributed by atoms with Crippen molar-refractivity contribution >= 4 is 0 Å². The summed E-state index contributed by atoms with van der Waals surface area (Å²) in [6, 6.07) is 0.960. The van der Waals surface area contributed by atoms with Crippen molar-refractivity contribution in [2.45, 2.75) is 44.6 Å². The maximum absolute atomic E-state index is 3.50. The van der Waals surface area contributed by atoms with Gasteiger partial charge in [-0.15, -0.1) is 0 Å². The maximum atomic E-state index is 3.50. The molecule has 3 fully saturated rings. The number of nitrogens with one attached hydrogen (secondary N) is 1. The molecule has 3 aliphatic heterocycles. The Bertz CT molecular complexity index is 208. The molecule has 14 heavy (non-hydrogen) atoms. The van der Waals surface area contributed by atoms with E-state index < -0.39 is 0 Å². The van der Waals surface area contributed by atoms with Crippen molar-refractivity contribution < 1.29 is 0 Å². The van der Waals surface area contributed by atoms with Crippen LogP contribution in [-0.2, 0) is 0 Å². The highest BCUT2D eigenvalue weighted by Crippen LogP contribution is 2.44. The number of nitrogens with zero attached hydrogens (tertiary/aromatic N) is 1. The van der Waals surface area contributed by atoms with Gasteiger partial charge in [-0.2, -0.15) is 0 Å². The van der Waals surface area contributed by atoms with Crippen molar-refractivity contribution in [1.82, 2.24) is 10.2 Å². The molecular weight excluding hydrogens is 172 g/mol. The van der Waals surface area contributed by atoms with Gasteiger partial charge in [0.1, 0.15) is 0 Å². The van der Waals surface area contributed by atoms with Crippen LogP contribution < -0.4 is 5.32 Å². The summed E-state index contributed by atoms with van der Waals surface area (Å²) in [5.74, 6) is 0. The Morgan fingerprint density at radius 3 is 2.79 bits per heavy atom. The average Bonchev–Trinajstić information content (AvgIpc) is 2.66. The zero-order chi connectivity index (χ0) is 9.43. The highest BCUT2D eigenvalue weighted by Gasteiger charge is 2.41. The first-order valence-electron chi connectivity index (χ1n) is 6.33. The zero-order valence-corrected chi connectivity index (χ0v) is 9.10. The molecule has 0 bridgehead atoms. The van der Waals surface area contributed by atoms with Crippen molar-refractivity contribution in [1.29, 1.82) is 0 Å². The molecule has 3 saturated heterocycles. The van der Waals surface area contributed by atoms with Gasteiger partial charge in [-0.25, -0.2) is 0 Å². The van der Waals surface area contributed by atoms with Gasteiger partial charge >= 0.3 is 0 Å². The standard InChI is InChI=1S/C12H22N2/c1-2-11-10-12(3-6-13-7-4-12)5-9-14(11)8-1/h11,13H,1-10H2. The lowest BCUT2D eigenvalue weighted by molar-refractivity contribution is 0.0500. The topological polar surface area (TPSA) is 15.3 Å². The van der Waals surface area contributed by atoms with Crippen LogP contribution >= 0.6 is 0 Å². The Hall–Kier alpha value is -0.0800. The lowest BCUT2D eigenvalue weighted by Crippen LogP contribution is -2.48. The van der Waals surface area contributed by atoms with Crippen molar-refractivity contribution in [2.24, 2.45) is 5.41 Å². The van der Waals surface area contributed by atoms with Crippen LogP contribution in [0.5, 0.6) is 0 Å². The Labute approximate surface area is 87.0 Å². The van der Waals surface area contributed by atoms with E-state index in [4.69, 9.17) is 0 Å². The van der Waals surface area contributed by atoms with Gasteiger partial charge in [-0.3, -0.25) is 0 Å². The molecule has 0 saturated carbocycles. The van der Waals surface area contributed by atoms with Crippen LogP contribution in [0.3, 0.4) is 0 Å². The van der Waals surface area contributed by atoms with Gasteiger partial charge in [0.05, 0.1) is 0 Å². The molecule has 0 aliphatic carbocycles. The highest BCUT2D eigenvalue weighted by atomic mass is 15.2. The summed E-state index contributed by atoms with van der Waals surface area (Å²) in [6.45, 7) is 5.32. The largest absolute Gasteiger partial charge is 0.317 e. The van der Waals surface area contributed by atoms with E-state index in [9.17, 15) is 0 Å². The second kappa shape index (κ2) is 3.49. The van der Waals surface area contributed by atoms with Crippen LogP contribution in [0.25, 0.3) is 0 Å². The number of rotatable bonds is 0. The number of fused-ring (bicyclic) bond motifs is 1. The van der Waals surface area contributed by atoms with Gasteiger partial charge in [0.15, 0.2) is 0 Å². The molecule has 0 radical (unpaired) electrons. The van der Waals surface area contributed by atoms with Crippen LogP contribution in [0.4, 0.5) is 0 Å². The zero-order valence-electron chi connectivity index (χ0n) is 9.10. The minimum absolute atomic E-state index is 0.747. The smallest absolute Gasteiger partial charge is 0.0101 e. The van der Waals surface area contributed by atoms with E-state index in [2.05, 4.69) is 10.2 Å². The first-order valence-corrected chi connectivity index (χ1v) is 6.33. The fourth-order valence-corrected chi connectivity index (χ4v) is 3.81. The lowest BCUT2D eigenvalue weighted by atomic mass is 9.69. The lowest BCUT2D eigenvalue weighted by Gasteiger charge is -2.46. The van der Waals surface area contributed by atoms with Crippen LogP contribution in [0.1, 0.15) is 38.5 Å². The fraction of sp³-hybridized carbons (Fsp3) is 1.00. The molecule has 2 nitrogen and oxygen atoms in total. The second-order valence-corrected chi connectivity index (χ2v) is 5.54. The van der Waals surface area contributed by atoms with E-state index in [1.807, 2.05) is 0 Å². The number of hydrogen-bond donors (Lipinski definition) is 1. The summed E-state index contributed by atoms with van der Waals surface area (Å²) in [5.41, 5.74) is 0.747. The first-order chi connectivity index (χ1) is 6.88. The Kier molecular flexibility index (Phi) is 2.29. The fourth-order valence-electron chi connectivity index (χ4n) is 3.81. The first kappa shape index (κ1) is 9.17. The highest BCUT2D eigenvalue weighted by molar-refractivity contribution is 4.96. The molecule has 0 aromatic rings. The molecule has 0 amide bonds. The molecule has 80 valence electrons. The third-order valence-corrected chi connectivity index (χ3v) is 4.76. The summed E-state index contributed by atoms with van der Waals surface area (Å²) in [5, 5.41) is 3.50. The van der Waals surface area contributed by atoms with Crippen molar-refractivity contribution in [3.63, 3.8) is 0 Å². The second-order valence-electron chi connectivity index (χ2n) is 5.54. The van der Waals surface area contributed by atoms with Crippen molar-refractivity contribution in [3.8, 4) is 0 Å². The van der Waals surface area contributed by atoms with Crippen molar-refractivity contribution in [2.75, 3.05) is 26.2 Å². The van der Waals surface area contributed by atoms with Crippen LogP contribution in [-0.4, -0.2) is 37.1 Å². The Morgan fingerprint density at radius 2 is 1.93 bits per heavy atom. The van der Waals surface area contributed by atoms with E-state index in [-0.39, 0.29) is 0 Å². The van der Waals surface area contributed by atoms with Gasteiger partial charge in [-0.05, 0) is 70.1 Å². The van der Waals surface area contributed by atoms with E-state index in [0.29, 0.717) is 0 Å². The number of hydrogen-bond acceptors (Lipinski definition) is 2. The summed E-state index contributed by atoms with van der Waals surface area (Å²) in [6.07, 6.45) is 8.81. The normalized spacial score (nSPS) is 37.3. The van der Waals surface area contributed by atoms with Crippen LogP contribution in [0.2, 0.25) is 0 Å². The van der Waals surface area contributed by atoms with E-state index in [0.717, 1.165) is 11.5 Å². The summed E-state index contributed by atoms with van der Waals surface area (Å²) in [4.78, 5) is 2.74. The Morgan fingerprint density at radius 1 is 1.07 bits per heavy atom. The van der Waals surface area contributed by atoms with E-state index >= 15 is 0 Å². The van der Waals surface area contributed by atoms with Crippen LogP contribution in [0.15, 0.2) is 0 Å². The van der Waals surface area contributed by atoms with E-state index in [1.54, 1.807) is 0 Å². The molecule has 1 N–H and O–H groups in total. The van der Waals surface area contributed by atoms with Crippen molar-refractivity contribution in [3.05, 3.63) is 0 Å². The number of piperidine rings is 2. The van der Waals surface area contributed by atoms with E-state index in [1.165, 1.54) is 64.7 Å². The minimum Gasteiger partial charge on any atom is -0.317 e. The maximum Gasteiger partial charge on any atom is 0.0101 e. The van der Waals surface area contributed by atoms with Gasteiger partial charge in [-0.1, -0.05) is 0 Å². The molecule has 0 aromatic heterocycles. The quantitative estimate of drug-likeness (QED) is 0.630. The summed E-state index contributed by atoms with van der Waals surface area (Å²) < 4.78 is 0. The molecule has 1 atom stereocenters. The third-order valence-electron chi connectivity index (χ3n) is 4.76. The molecule has 3 aliphatic rings. The Balaban J connectivity index is 1.70. The van der Waals surface area contributed by atoms with Gasteiger partial charge in [0.25, 0.3) is 0 Å². The summed E-state index contributed by atoms with van der Waals surface area (Å²) in [7, 11) is 0. The summed E-state index contributed by atoms with van der Waals surface area (Å²) >= 11 is 0. The SMILES string of the molecule is C1CC2CC3(CCNCC3)CCN2C1. The third kappa shape index (κ3) is 1.49. The average molecular weight is 194 g/mol. The molecule has 3 rings (SSSR count). The molecule has 2 heteroatoms. The molecule has 1 unspecified atom stereocenters. The minimum atomic E-state index is 0.747. The monoisotopic (exact) mass is 194 g/mol. The molecular formula is C12H22N2. The van der Waals surface area contributed by atoms with Crippen LogP contribution in [0, 0.1) is 5.41 Å². The van der Waals surface area contributed by atoms with Gasteiger partial charge in [0.2, 0.25) is 0 Å². The predicted molar refractivity (Wildman–Crippen MR) is 58.4 cm³/mol. The molecule has 0 aromatic carbocycles. The van der Waals surface area contributed by atoms with Gasteiger partial charge < -0.3 is 10.2 Å². The predicted octanol–water partition coefficient (Wildman–Crippen LogP) is 1.61.